The summed E-state index contributed by atoms with van der Waals surface area (Å²) in [5.41, 5.74) is 0.528. The van der Waals surface area contributed by atoms with Gasteiger partial charge >= 0.3 is 0 Å². The van der Waals surface area contributed by atoms with E-state index >= 15 is 0 Å². The number of hydrogen-bond donors (Lipinski definition) is 0. The number of carbonyl (C=O) groups is 1. The topological polar surface area (TPSA) is 46.3 Å². The van der Waals surface area contributed by atoms with Crippen molar-refractivity contribution in [3.8, 4) is 11.3 Å². The Kier molecular flexibility index (Phi) is 5.82. The molecule has 0 radical (unpaired) electrons. The average Bonchev–Trinajstić information content (AvgIpc) is 3.14. The van der Waals surface area contributed by atoms with Gasteiger partial charge in [0.05, 0.1) is 17.8 Å². The molecule has 28 heavy (non-hydrogen) atoms. The first kappa shape index (κ1) is 19.7. The molecular weight excluding hydrogens is 369 g/mol. The minimum atomic E-state index is -0.744. The number of halogens is 3. The van der Waals surface area contributed by atoms with E-state index in [2.05, 4.69) is 4.98 Å². The fourth-order valence-electron chi connectivity index (χ4n) is 2.85. The van der Waals surface area contributed by atoms with E-state index in [1.807, 2.05) is 6.92 Å². The monoisotopic (exact) mass is 388 g/mol. The van der Waals surface area contributed by atoms with Crippen LogP contribution in [0.4, 0.5) is 13.2 Å². The van der Waals surface area contributed by atoms with Crippen LogP contribution in [-0.2, 0) is 11.2 Å². The molecule has 0 fully saturated rings. The number of aryl methyl sites for hydroxylation is 1. The number of amides is 1. The van der Waals surface area contributed by atoms with E-state index in [1.165, 1.54) is 24.4 Å². The number of oxazole rings is 1. The highest BCUT2D eigenvalue weighted by Gasteiger charge is 2.19. The summed E-state index contributed by atoms with van der Waals surface area (Å²) in [5, 5.41) is 0. The van der Waals surface area contributed by atoms with Crippen molar-refractivity contribution in [1.82, 2.24) is 9.88 Å². The molecule has 0 saturated carbocycles. The molecule has 0 aliphatic rings. The van der Waals surface area contributed by atoms with Gasteiger partial charge in [-0.25, -0.2) is 18.2 Å². The molecule has 0 spiro atoms. The molecule has 1 unspecified atom stereocenters. The van der Waals surface area contributed by atoms with Crippen LogP contribution in [0.5, 0.6) is 0 Å². The average molecular weight is 388 g/mol. The number of rotatable bonds is 6. The van der Waals surface area contributed by atoms with Gasteiger partial charge in [0.15, 0.2) is 11.7 Å². The molecule has 0 N–H and O–H groups in total. The number of carbonyl (C=O) groups excluding carboxylic acids is 1. The van der Waals surface area contributed by atoms with Gasteiger partial charge in [-0.1, -0.05) is 18.2 Å². The Hall–Kier alpha value is -3.09. The van der Waals surface area contributed by atoms with Gasteiger partial charge in [-0.3, -0.25) is 4.79 Å². The maximum atomic E-state index is 13.8. The third kappa shape index (κ3) is 4.24. The van der Waals surface area contributed by atoms with Gasteiger partial charge in [-0.2, -0.15) is 0 Å². The van der Waals surface area contributed by atoms with Crippen LogP contribution in [0.2, 0.25) is 0 Å². The van der Waals surface area contributed by atoms with E-state index in [9.17, 15) is 18.0 Å². The second kappa shape index (κ2) is 8.29. The maximum absolute atomic E-state index is 13.8. The molecule has 0 aliphatic heterocycles. The normalized spacial score (nSPS) is 12.0. The van der Waals surface area contributed by atoms with Crippen molar-refractivity contribution in [1.29, 1.82) is 0 Å². The highest BCUT2D eigenvalue weighted by molar-refractivity contribution is 5.76. The summed E-state index contributed by atoms with van der Waals surface area (Å²) in [6, 6.07) is 9.26. The quantitative estimate of drug-likeness (QED) is 0.603. The van der Waals surface area contributed by atoms with Crippen LogP contribution in [0, 0.1) is 17.5 Å². The van der Waals surface area contributed by atoms with E-state index in [-0.39, 0.29) is 47.8 Å². The van der Waals surface area contributed by atoms with Crippen molar-refractivity contribution >= 4 is 5.91 Å². The van der Waals surface area contributed by atoms with Gasteiger partial charge in [-0.05, 0) is 36.8 Å². The van der Waals surface area contributed by atoms with Crippen molar-refractivity contribution in [2.75, 3.05) is 7.05 Å². The lowest BCUT2D eigenvalue weighted by molar-refractivity contribution is -0.131. The largest absolute Gasteiger partial charge is 0.441 e. The number of aromatic nitrogens is 1. The highest BCUT2D eigenvalue weighted by atomic mass is 19.1. The minimum absolute atomic E-state index is 0.0221. The first-order valence-electron chi connectivity index (χ1n) is 8.77. The van der Waals surface area contributed by atoms with Gasteiger partial charge in [-0.15, -0.1) is 0 Å². The first-order chi connectivity index (χ1) is 13.4. The molecule has 0 bridgehead atoms. The Morgan fingerprint density at radius 3 is 2.39 bits per heavy atom. The van der Waals surface area contributed by atoms with Crippen molar-refractivity contribution in [2.24, 2.45) is 0 Å². The summed E-state index contributed by atoms with van der Waals surface area (Å²) >= 11 is 0. The predicted octanol–water partition coefficient (Wildman–Crippen LogP) is 4.91. The lowest BCUT2D eigenvalue weighted by atomic mass is 10.1. The van der Waals surface area contributed by atoms with E-state index in [1.54, 1.807) is 24.1 Å². The number of nitrogens with zero attached hydrogens (tertiary/aromatic N) is 2. The molecule has 7 heteroatoms. The first-order valence-corrected chi connectivity index (χ1v) is 8.77. The van der Waals surface area contributed by atoms with Crippen LogP contribution in [0.15, 0.2) is 53.1 Å². The maximum Gasteiger partial charge on any atom is 0.223 e. The Bertz CT molecular complexity index is 950. The molecule has 0 saturated heterocycles. The lowest BCUT2D eigenvalue weighted by Crippen LogP contribution is -2.29. The van der Waals surface area contributed by atoms with Gasteiger partial charge in [0.2, 0.25) is 5.91 Å². The fourth-order valence-corrected chi connectivity index (χ4v) is 2.85. The zero-order chi connectivity index (χ0) is 20.3. The van der Waals surface area contributed by atoms with Crippen LogP contribution in [-0.4, -0.2) is 22.8 Å². The Morgan fingerprint density at radius 1 is 1.11 bits per heavy atom. The molecule has 1 aromatic heterocycles. The van der Waals surface area contributed by atoms with Crippen LogP contribution < -0.4 is 0 Å². The molecular formula is C21H19F3N2O2. The summed E-state index contributed by atoms with van der Waals surface area (Å²) in [7, 11) is 1.66. The van der Waals surface area contributed by atoms with Crippen LogP contribution in [0.3, 0.4) is 0 Å². The smallest absolute Gasteiger partial charge is 0.223 e. The molecule has 1 amide bonds. The number of hydrogen-bond acceptors (Lipinski definition) is 3. The zero-order valence-corrected chi connectivity index (χ0v) is 15.5. The molecule has 0 aliphatic carbocycles. The standard InChI is InChI=1S/C21H19F3N2O2/c1-13(14-6-8-15(22)9-7-14)26(2)20(27)11-10-19-25-12-18(28-19)21-16(23)4-3-5-17(21)24/h3-9,12-13H,10-11H2,1-2H3. The molecule has 3 rings (SSSR count). The van der Waals surface area contributed by atoms with Crippen molar-refractivity contribution in [2.45, 2.75) is 25.8 Å². The molecule has 146 valence electrons. The Morgan fingerprint density at radius 2 is 1.75 bits per heavy atom. The molecule has 3 aromatic rings. The highest BCUT2D eigenvalue weighted by Crippen LogP contribution is 2.27. The van der Waals surface area contributed by atoms with Gasteiger partial charge in [0.1, 0.15) is 17.5 Å². The van der Waals surface area contributed by atoms with E-state index < -0.39 is 11.6 Å². The third-order valence-corrected chi connectivity index (χ3v) is 4.64. The second-order valence-electron chi connectivity index (χ2n) is 6.45. The minimum Gasteiger partial charge on any atom is -0.441 e. The van der Waals surface area contributed by atoms with Gasteiger partial charge in [0, 0.05) is 19.9 Å². The molecule has 1 atom stereocenters. The Balaban J connectivity index is 1.63. The summed E-state index contributed by atoms with van der Waals surface area (Å²) in [5.74, 6) is -1.79. The summed E-state index contributed by atoms with van der Waals surface area (Å²) < 4.78 is 46.1. The third-order valence-electron chi connectivity index (χ3n) is 4.64. The Labute approximate surface area is 160 Å². The zero-order valence-electron chi connectivity index (χ0n) is 15.5. The van der Waals surface area contributed by atoms with Crippen molar-refractivity contribution in [3.05, 3.63) is 77.6 Å². The molecule has 2 aromatic carbocycles. The SMILES string of the molecule is CC(c1ccc(F)cc1)N(C)C(=O)CCc1ncc(-c2c(F)cccc2F)o1. The molecule has 4 nitrogen and oxygen atoms in total. The van der Waals surface area contributed by atoms with Crippen LogP contribution in [0.1, 0.15) is 30.8 Å². The summed E-state index contributed by atoms with van der Waals surface area (Å²) in [6.07, 6.45) is 1.54. The van der Waals surface area contributed by atoms with Crippen LogP contribution in [0.25, 0.3) is 11.3 Å². The summed E-state index contributed by atoms with van der Waals surface area (Å²) in [6.45, 7) is 1.84. The van der Waals surface area contributed by atoms with Crippen molar-refractivity contribution in [3.63, 3.8) is 0 Å². The van der Waals surface area contributed by atoms with Crippen molar-refractivity contribution < 1.29 is 22.4 Å². The van der Waals surface area contributed by atoms with Gasteiger partial charge < -0.3 is 9.32 Å². The van der Waals surface area contributed by atoms with E-state index in [0.717, 1.165) is 17.7 Å². The molecule has 1 heterocycles. The number of benzene rings is 2. The second-order valence-corrected chi connectivity index (χ2v) is 6.45. The van der Waals surface area contributed by atoms with Gasteiger partial charge in [0.25, 0.3) is 0 Å². The van der Waals surface area contributed by atoms with Crippen LogP contribution >= 0.6 is 0 Å². The van der Waals surface area contributed by atoms with E-state index in [4.69, 9.17) is 4.42 Å². The fraction of sp³-hybridized carbons (Fsp3) is 0.238. The summed E-state index contributed by atoms with van der Waals surface area (Å²) in [4.78, 5) is 18.0. The predicted molar refractivity (Wildman–Crippen MR) is 97.8 cm³/mol. The van der Waals surface area contributed by atoms with E-state index in [0.29, 0.717) is 0 Å². The lowest BCUT2D eigenvalue weighted by Gasteiger charge is -2.25.